The molecule has 2 aromatic heterocycles. The summed E-state index contributed by atoms with van der Waals surface area (Å²) in [5.41, 5.74) is 3.69. The smallest absolute Gasteiger partial charge is 0.418 e. The van der Waals surface area contributed by atoms with Crippen molar-refractivity contribution < 1.29 is 9.53 Å². The number of hydrogen-bond acceptors (Lipinski definition) is 2. The van der Waals surface area contributed by atoms with Crippen molar-refractivity contribution in [1.82, 2.24) is 9.13 Å². The summed E-state index contributed by atoms with van der Waals surface area (Å²) in [4.78, 5) is 12.5. The topological polar surface area (TPSA) is 36.2 Å². The number of rotatable bonds is 1. The normalized spacial score (nSPS) is 12.0. The van der Waals surface area contributed by atoms with Crippen molar-refractivity contribution in [3.05, 3.63) is 60.8 Å². The molecule has 0 aliphatic rings. The number of benzene rings is 2. The Hall–Kier alpha value is -3.01. The Balaban J connectivity index is 1.83. The van der Waals surface area contributed by atoms with Crippen LogP contribution in [-0.2, 0) is 11.8 Å². The maximum atomic E-state index is 12.5. The summed E-state index contributed by atoms with van der Waals surface area (Å²) in [5, 5.41) is 2.21. The first-order valence-electron chi connectivity index (χ1n) is 8.73. The number of aromatic nitrogens is 2. The second-order valence-electron chi connectivity index (χ2n) is 7.59. The Kier molecular flexibility index (Phi) is 3.65. The molecule has 0 spiro atoms. The monoisotopic (exact) mass is 346 g/mol. The fraction of sp³-hybridized carbons (Fsp3) is 0.227. The zero-order chi connectivity index (χ0) is 18.5. The van der Waals surface area contributed by atoms with Gasteiger partial charge in [-0.2, -0.15) is 0 Å². The summed E-state index contributed by atoms with van der Waals surface area (Å²) >= 11 is 0. The lowest BCUT2D eigenvalue weighted by Crippen LogP contribution is -2.26. The molecule has 0 amide bonds. The number of ether oxygens (including phenoxy) is 1. The minimum atomic E-state index is -0.527. The van der Waals surface area contributed by atoms with E-state index in [1.54, 1.807) is 10.8 Å². The number of fused-ring (bicyclic) bond motifs is 2. The lowest BCUT2D eigenvalue weighted by molar-refractivity contribution is 0.0544. The molecule has 4 aromatic rings. The number of para-hydroxylation sites is 1. The highest BCUT2D eigenvalue weighted by atomic mass is 16.6. The van der Waals surface area contributed by atoms with Crippen LogP contribution in [0.2, 0.25) is 0 Å². The lowest BCUT2D eigenvalue weighted by Gasteiger charge is -2.19. The summed E-state index contributed by atoms with van der Waals surface area (Å²) in [5.74, 6) is 0. The molecule has 0 unspecified atom stereocenters. The van der Waals surface area contributed by atoms with E-state index in [-0.39, 0.29) is 6.09 Å². The largest absolute Gasteiger partial charge is 0.443 e. The molecule has 0 saturated carbocycles. The third-order valence-electron chi connectivity index (χ3n) is 4.53. The third-order valence-corrected chi connectivity index (χ3v) is 4.53. The van der Waals surface area contributed by atoms with E-state index in [1.807, 2.05) is 51.1 Å². The molecule has 0 N–H and O–H groups in total. The molecule has 0 atom stereocenters. The van der Waals surface area contributed by atoms with Crippen molar-refractivity contribution in [2.45, 2.75) is 26.4 Å². The van der Waals surface area contributed by atoms with Gasteiger partial charge in [-0.15, -0.1) is 0 Å². The fourth-order valence-corrected chi connectivity index (χ4v) is 3.32. The summed E-state index contributed by atoms with van der Waals surface area (Å²) in [6, 6.07) is 18.6. The average molecular weight is 346 g/mol. The van der Waals surface area contributed by atoms with E-state index in [0.717, 1.165) is 22.2 Å². The van der Waals surface area contributed by atoms with Crippen LogP contribution in [0.5, 0.6) is 0 Å². The van der Waals surface area contributed by atoms with Crippen molar-refractivity contribution >= 4 is 27.9 Å². The molecule has 4 heteroatoms. The quantitative estimate of drug-likeness (QED) is 0.451. The van der Waals surface area contributed by atoms with Crippen LogP contribution in [0.1, 0.15) is 20.8 Å². The van der Waals surface area contributed by atoms with Gasteiger partial charge in [-0.25, -0.2) is 4.79 Å². The predicted octanol–water partition coefficient (Wildman–Crippen LogP) is 5.58. The predicted molar refractivity (Wildman–Crippen MR) is 105 cm³/mol. The van der Waals surface area contributed by atoms with Gasteiger partial charge in [0.1, 0.15) is 5.60 Å². The van der Waals surface area contributed by atoms with Crippen molar-refractivity contribution in [2.24, 2.45) is 7.05 Å². The highest BCUT2D eigenvalue weighted by Crippen LogP contribution is 2.30. The Labute approximate surface area is 152 Å². The zero-order valence-electron chi connectivity index (χ0n) is 15.5. The van der Waals surface area contributed by atoms with E-state index >= 15 is 0 Å². The van der Waals surface area contributed by atoms with Gasteiger partial charge in [-0.05, 0) is 45.0 Å². The van der Waals surface area contributed by atoms with Gasteiger partial charge >= 0.3 is 6.09 Å². The van der Waals surface area contributed by atoms with Gasteiger partial charge in [0, 0.05) is 40.8 Å². The Morgan fingerprint density at radius 1 is 0.923 bits per heavy atom. The van der Waals surface area contributed by atoms with Gasteiger partial charge in [0.25, 0.3) is 0 Å². The Morgan fingerprint density at radius 3 is 2.42 bits per heavy atom. The number of carbonyl (C=O) groups is 1. The van der Waals surface area contributed by atoms with Crippen molar-refractivity contribution in [3.63, 3.8) is 0 Å². The van der Waals surface area contributed by atoms with E-state index < -0.39 is 5.60 Å². The van der Waals surface area contributed by atoms with E-state index in [1.165, 1.54) is 10.9 Å². The molecule has 0 aliphatic heterocycles. The number of aryl methyl sites for hydroxylation is 1. The van der Waals surface area contributed by atoms with Gasteiger partial charge in [0.2, 0.25) is 0 Å². The molecule has 0 saturated heterocycles. The minimum absolute atomic E-state index is 0.360. The summed E-state index contributed by atoms with van der Waals surface area (Å²) in [6.07, 6.45) is 1.41. The van der Waals surface area contributed by atoms with Crippen LogP contribution in [0.25, 0.3) is 33.1 Å². The molecule has 26 heavy (non-hydrogen) atoms. The first-order chi connectivity index (χ1) is 12.3. The first-order valence-corrected chi connectivity index (χ1v) is 8.73. The Morgan fingerprint density at radius 2 is 1.69 bits per heavy atom. The van der Waals surface area contributed by atoms with Gasteiger partial charge < -0.3 is 9.30 Å². The van der Waals surface area contributed by atoms with E-state index in [4.69, 9.17) is 4.74 Å². The minimum Gasteiger partial charge on any atom is -0.443 e. The van der Waals surface area contributed by atoms with Crippen LogP contribution in [0.15, 0.2) is 60.8 Å². The molecule has 132 valence electrons. The zero-order valence-corrected chi connectivity index (χ0v) is 15.5. The summed E-state index contributed by atoms with van der Waals surface area (Å²) in [7, 11) is 2.06. The average Bonchev–Trinajstić information content (AvgIpc) is 3.14. The third kappa shape index (κ3) is 2.77. The maximum Gasteiger partial charge on any atom is 0.418 e. The summed E-state index contributed by atoms with van der Waals surface area (Å²) in [6.45, 7) is 5.62. The van der Waals surface area contributed by atoms with E-state index in [9.17, 15) is 4.79 Å². The van der Waals surface area contributed by atoms with Crippen molar-refractivity contribution in [1.29, 1.82) is 0 Å². The molecule has 0 radical (unpaired) electrons. The van der Waals surface area contributed by atoms with Crippen LogP contribution in [0.4, 0.5) is 4.79 Å². The standard InChI is InChI=1S/C22H22N2O2/c1-22(2,3)26-21(25)24-12-11-15-9-10-17(14-20(15)24)19-13-16-7-5-6-8-18(16)23(19)4/h5-14H,1-4H3. The highest BCUT2D eigenvalue weighted by Gasteiger charge is 2.19. The summed E-state index contributed by atoms with van der Waals surface area (Å²) < 4.78 is 9.28. The molecule has 4 rings (SSSR count). The van der Waals surface area contributed by atoms with Crippen LogP contribution >= 0.6 is 0 Å². The molecular formula is C22H22N2O2. The number of hydrogen-bond donors (Lipinski definition) is 0. The molecule has 0 fully saturated rings. The second kappa shape index (κ2) is 5.77. The number of nitrogens with zero attached hydrogens (tertiary/aromatic N) is 2. The van der Waals surface area contributed by atoms with Crippen LogP contribution < -0.4 is 0 Å². The van der Waals surface area contributed by atoms with Crippen LogP contribution in [0.3, 0.4) is 0 Å². The van der Waals surface area contributed by atoms with Crippen LogP contribution in [-0.4, -0.2) is 20.8 Å². The van der Waals surface area contributed by atoms with E-state index in [2.05, 4.69) is 35.9 Å². The first kappa shape index (κ1) is 16.5. The van der Waals surface area contributed by atoms with E-state index in [0.29, 0.717) is 0 Å². The molecule has 2 aromatic carbocycles. The fourth-order valence-electron chi connectivity index (χ4n) is 3.32. The maximum absolute atomic E-state index is 12.5. The second-order valence-corrected chi connectivity index (χ2v) is 7.59. The SMILES string of the molecule is Cn1c(-c2ccc3ccn(C(=O)OC(C)(C)C)c3c2)cc2ccccc21. The number of carbonyl (C=O) groups excluding carboxylic acids is 1. The van der Waals surface area contributed by atoms with Gasteiger partial charge in [0.15, 0.2) is 0 Å². The highest BCUT2D eigenvalue weighted by molar-refractivity contribution is 5.94. The molecule has 4 nitrogen and oxygen atoms in total. The van der Waals surface area contributed by atoms with Gasteiger partial charge in [0.05, 0.1) is 5.52 Å². The molecule has 0 aliphatic carbocycles. The van der Waals surface area contributed by atoms with Crippen LogP contribution in [0, 0.1) is 0 Å². The molecular weight excluding hydrogens is 324 g/mol. The van der Waals surface area contributed by atoms with Gasteiger partial charge in [-0.3, -0.25) is 4.57 Å². The van der Waals surface area contributed by atoms with Crippen molar-refractivity contribution in [2.75, 3.05) is 0 Å². The molecule has 0 bridgehead atoms. The van der Waals surface area contributed by atoms with Crippen molar-refractivity contribution in [3.8, 4) is 11.3 Å². The lowest BCUT2D eigenvalue weighted by atomic mass is 10.1. The molecule has 2 heterocycles. The Bertz CT molecular complexity index is 1130. The van der Waals surface area contributed by atoms with Gasteiger partial charge in [-0.1, -0.05) is 30.3 Å².